The maximum Gasteiger partial charge on any atom is 0.274 e. The Bertz CT molecular complexity index is 927. The quantitative estimate of drug-likeness (QED) is 0.711. The normalized spacial score (nSPS) is 10.4. The van der Waals surface area contributed by atoms with Crippen molar-refractivity contribution in [3.63, 3.8) is 0 Å². The highest BCUT2D eigenvalue weighted by molar-refractivity contribution is 6.30. The van der Waals surface area contributed by atoms with Gasteiger partial charge in [-0.15, -0.1) is 0 Å². The molecule has 0 saturated carbocycles. The van der Waals surface area contributed by atoms with Crippen LogP contribution in [0, 0.1) is 13.8 Å². The van der Waals surface area contributed by atoms with Gasteiger partial charge in [0.2, 0.25) is 0 Å². The highest BCUT2D eigenvalue weighted by Gasteiger charge is 2.10. The number of hydrogen-bond acceptors (Lipinski definition) is 4. The fraction of sp³-hybridized carbons (Fsp3) is 0.105. The lowest BCUT2D eigenvalue weighted by atomic mass is 10.1. The molecule has 0 aliphatic heterocycles. The van der Waals surface area contributed by atoms with Gasteiger partial charge in [0, 0.05) is 22.5 Å². The van der Waals surface area contributed by atoms with E-state index in [1.807, 2.05) is 25.1 Å². The molecule has 0 aliphatic carbocycles. The van der Waals surface area contributed by atoms with Gasteiger partial charge in [0.05, 0.1) is 0 Å². The molecular formula is C19H17ClN4O. The van der Waals surface area contributed by atoms with Gasteiger partial charge in [0.15, 0.2) is 0 Å². The lowest BCUT2D eigenvalue weighted by Crippen LogP contribution is -2.14. The summed E-state index contributed by atoms with van der Waals surface area (Å²) in [6.45, 7) is 4.10. The summed E-state index contributed by atoms with van der Waals surface area (Å²) in [7, 11) is 0. The van der Waals surface area contributed by atoms with Gasteiger partial charge in [-0.1, -0.05) is 23.7 Å². The summed E-state index contributed by atoms with van der Waals surface area (Å²) in [5.74, 6) is 0.224. The molecule has 0 fully saturated rings. The maximum atomic E-state index is 12.4. The molecule has 2 N–H and O–H groups in total. The average molecular weight is 353 g/mol. The summed E-state index contributed by atoms with van der Waals surface area (Å²) < 4.78 is 0. The van der Waals surface area contributed by atoms with Crippen molar-refractivity contribution in [1.29, 1.82) is 0 Å². The fourth-order valence-corrected chi connectivity index (χ4v) is 2.47. The number of carbonyl (C=O) groups excluding carboxylic acids is 1. The van der Waals surface area contributed by atoms with Crippen molar-refractivity contribution in [3.8, 4) is 0 Å². The first-order valence-corrected chi connectivity index (χ1v) is 8.12. The number of nitrogens with one attached hydrogen (secondary N) is 2. The molecule has 0 saturated heterocycles. The average Bonchev–Trinajstić information content (AvgIpc) is 2.58. The van der Waals surface area contributed by atoms with Gasteiger partial charge in [-0.05, 0) is 55.3 Å². The van der Waals surface area contributed by atoms with E-state index >= 15 is 0 Å². The van der Waals surface area contributed by atoms with Crippen LogP contribution in [0.5, 0.6) is 0 Å². The van der Waals surface area contributed by atoms with Crippen molar-refractivity contribution in [2.24, 2.45) is 0 Å². The molecule has 3 rings (SSSR count). The third-order valence-corrected chi connectivity index (χ3v) is 4.00. The van der Waals surface area contributed by atoms with Crippen LogP contribution in [-0.4, -0.2) is 15.9 Å². The van der Waals surface area contributed by atoms with E-state index in [9.17, 15) is 4.79 Å². The van der Waals surface area contributed by atoms with E-state index in [1.165, 1.54) is 17.5 Å². The Hall–Kier alpha value is -2.92. The van der Waals surface area contributed by atoms with Crippen molar-refractivity contribution in [2.45, 2.75) is 13.8 Å². The number of nitrogens with zero attached hydrogens (tertiary/aromatic N) is 2. The highest BCUT2D eigenvalue weighted by atomic mass is 35.5. The number of aryl methyl sites for hydroxylation is 2. The van der Waals surface area contributed by atoms with Crippen molar-refractivity contribution >= 4 is 34.7 Å². The van der Waals surface area contributed by atoms with Gasteiger partial charge in [-0.3, -0.25) is 4.79 Å². The molecule has 0 bridgehead atoms. The maximum absolute atomic E-state index is 12.4. The zero-order valence-corrected chi connectivity index (χ0v) is 14.6. The molecule has 25 heavy (non-hydrogen) atoms. The minimum Gasteiger partial charge on any atom is -0.340 e. The van der Waals surface area contributed by atoms with Gasteiger partial charge in [0.25, 0.3) is 5.91 Å². The van der Waals surface area contributed by atoms with Crippen molar-refractivity contribution in [2.75, 3.05) is 10.6 Å². The Morgan fingerprint density at radius 1 is 0.960 bits per heavy atom. The molecule has 0 atom stereocenters. The SMILES string of the molecule is Cc1ccc(Nc2cc(C(=O)Nc3cccc(Cl)c3)ncn2)cc1C. The number of hydrogen-bond donors (Lipinski definition) is 2. The van der Waals surface area contributed by atoms with E-state index in [-0.39, 0.29) is 11.6 Å². The minimum atomic E-state index is -0.326. The van der Waals surface area contributed by atoms with Gasteiger partial charge in [-0.2, -0.15) is 0 Å². The highest BCUT2D eigenvalue weighted by Crippen LogP contribution is 2.19. The van der Waals surface area contributed by atoms with Crippen molar-refractivity contribution in [1.82, 2.24) is 9.97 Å². The van der Waals surface area contributed by atoms with Crippen LogP contribution in [0.2, 0.25) is 5.02 Å². The number of rotatable bonds is 4. The number of amides is 1. The predicted octanol–water partition coefficient (Wildman–Crippen LogP) is 4.74. The third-order valence-electron chi connectivity index (χ3n) is 3.76. The molecule has 5 nitrogen and oxygen atoms in total. The number of anilines is 3. The number of benzene rings is 2. The van der Waals surface area contributed by atoms with Gasteiger partial charge in [-0.25, -0.2) is 9.97 Å². The molecule has 0 aliphatic rings. The van der Waals surface area contributed by atoms with Crippen LogP contribution in [0.3, 0.4) is 0 Å². The monoisotopic (exact) mass is 352 g/mol. The molecular weight excluding hydrogens is 336 g/mol. The fourth-order valence-electron chi connectivity index (χ4n) is 2.28. The van der Waals surface area contributed by atoms with Crippen LogP contribution in [0.4, 0.5) is 17.2 Å². The number of carbonyl (C=O) groups is 1. The molecule has 1 heterocycles. The second-order valence-electron chi connectivity index (χ2n) is 5.68. The summed E-state index contributed by atoms with van der Waals surface area (Å²) in [6.07, 6.45) is 1.36. The van der Waals surface area contributed by atoms with Crippen molar-refractivity contribution in [3.05, 3.63) is 76.7 Å². The second kappa shape index (κ2) is 7.32. The molecule has 3 aromatic rings. The zero-order valence-electron chi connectivity index (χ0n) is 13.9. The number of aromatic nitrogens is 2. The molecule has 126 valence electrons. The van der Waals surface area contributed by atoms with Gasteiger partial charge >= 0.3 is 0 Å². The first-order valence-electron chi connectivity index (χ1n) is 7.74. The summed E-state index contributed by atoms with van der Waals surface area (Å²) >= 11 is 5.93. The van der Waals surface area contributed by atoms with E-state index in [1.54, 1.807) is 30.3 Å². The third kappa shape index (κ3) is 4.33. The molecule has 1 amide bonds. The van der Waals surface area contributed by atoms with Crippen LogP contribution in [-0.2, 0) is 0 Å². The zero-order chi connectivity index (χ0) is 17.8. The van der Waals surface area contributed by atoms with Gasteiger partial charge in [0.1, 0.15) is 17.8 Å². The van der Waals surface area contributed by atoms with Gasteiger partial charge < -0.3 is 10.6 Å². The minimum absolute atomic E-state index is 0.265. The Kier molecular flexibility index (Phi) is 4.95. The standard InChI is InChI=1S/C19H17ClN4O/c1-12-6-7-16(8-13(12)2)23-18-10-17(21-11-22-18)19(25)24-15-5-3-4-14(20)9-15/h3-11H,1-2H3,(H,24,25)(H,21,22,23). The molecule has 2 aromatic carbocycles. The van der Waals surface area contributed by atoms with E-state index in [4.69, 9.17) is 11.6 Å². The van der Waals surface area contributed by atoms with Crippen LogP contribution in [0.25, 0.3) is 0 Å². The molecule has 0 spiro atoms. The largest absolute Gasteiger partial charge is 0.340 e. The Morgan fingerprint density at radius 2 is 1.80 bits per heavy atom. The van der Waals surface area contributed by atoms with E-state index in [0.717, 1.165) is 5.69 Å². The summed E-state index contributed by atoms with van der Waals surface area (Å²) in [5, 5.41) is 6.51. The summed E-state index contributed by atoms with van der Waals surface area (Å²) in [4.78, 5) is 20.6. The van der Waals surface area contributed by atoms with Crippen LogP contribution < -0.4 is 10.6 Å². The summed E-state index contributed by atoms with van der Waals surface area (Å²) in [5.41, 5.74) is 4.18. The molecule has 0 radical (unpaired) electrons. The van der Waals surface area contributed by atoms with Crippen LogP contribution in [0.15, 0.2) is 54.9 Å². The lowest BCUT2D eigenvalue weighted by Gasteiger charge is -2.09. The van der Waals surface area contributed by atoms with E-state index < -0.39 is 0 Å². The molecule has 0 unspecified atom stereocenters. The van der Waals surface area contributed by atoms with E-state index in [2.05, 4.69) is 27.5 Å². The molecule has 1 aromatic heterocycles. The summed E-state index contributed by atoms with van der Waals surface area (Å²) in [6, 6.07) is 14.6. The Labute approximate surface area is 151 Å². The van der Waals surface area contributed by atoms with Crippen molar-refractivity contribution < 1.29 is 4.79 Å². The lowest BCUT2D eigenvalue weighted by molar-refractivity contribution is 0.102. The first-order chi connectivity index (χ1) is 12.0. The van der Waals surface area contributed by atoms with E-state index in [0.29, 0.717) is 16.5 Å². The van der Waals surface area contributed by atoms with Crippen LogP contribution >= 0.6 is 11.6 Å². The number of halogens is 1. The molecule has 6 heteroatoms. The second-order valence-corrected chi connectivity index (χ2v) is 6.11. The first kappa shape index (κ1) is 16.9. The van der Waals surface area contributed by atoms with Crippen LogP contribution in [0.1, 0.15) is 21.6 Å². The Balaban J connectivity index is 1.76. The topological polar surface area (TPSA) is 66.9 Å². The Morgan fingerprint density at radius 3 is 2.56 bits per heavy atom. The predicted molar refractivity (Wildman–Crippen MR) is 101 cm³/mol. The smallest absolute Gasteiger partial charge is 0.274 e.